The molecule has 0 saturated carbocycles. The van der Waals surface area contributed by atoms with E-state index in [0.717, 1.165) is 16.3 Å². The lowest BCUT2D eigenvalue weighted by molar-refractivity contribution is 1.34. The Kier molecular flexibility index (Phi) is 2.47. The van der Waals surface area contributed by atoms with Gasteiger partial charge in [-0.3, -0.25) is 0 Å². The zero-order valence-corrected chi connectivity index (χ0v) is 8.20. The van der Waals surface area contributed by atoms with Crippen LogP contribution < -0.4 is 0 Å². The van der Waals surface area contributed by atoms with Crippen LogP contribution >= 0.6 is 0 Å². The molecule has 2 aromatic rings. The van der Waals surface area contributed by atoms with E-state index in [-0.39, 0.29) is 6.42 Å². The van der Waals surface area contributed by atoms with Crippen molar-refractivity contribution in [1.29, 1.82) is 10.7 Å². The van der Waals surface area contributed by atoms with Gasteiger partial charge in [-0.15, -0.1) is 0 Å². The second-order valence-electron chi connectivity index (χ2n) is 3.38. The standard InChI is InChI=1S/C13H10N2/c14-8-7-13(15)12-6-5-10-3-1-2-4-11(10)9-12/h1-6,9,15H,7H2. The highest BCUT2D eigenvalue weighted by Gasteiger charge is 2.01. The van der Waals surface area contributed by atoms with E-state index < -0.39 is 0 Å². The Morgan fingerprint density at radius 3 is 2.60 bits per heavy atom. The van der Waals surface area contributed by atoms with Crippen LogP contribution in [0.2, 0.25) is 0 Å². The number of fused-ring (bicyclic) bond motifs is 1. The van der Waals surface area contributed by atoms with E-state index in [1.165, 1.54) is 0 Å². The van der Waals surface area contributed by atoms with Crippen LogP contribution in [-0.4, -0.2) is 5.71 Å². The van der Waals surface area contributed by atoms with Crippen molar-refractivity contribution in [2.24, 2.45) is 0 Å². The predicted octanol–water partition coefficient (Wildman–Crippen LogP) is 3.12. The molecule has 2 rings (SSSR count). The van der Waals surface area contributed by atoms with Gasteiger partial charge >= 0.3 is 0 Å². The van der Waals surface area contributed by atoms with Crippen molar-refractivity contribution in [3.63, 3.8) is 0 Å². The van der Waals surface area contributed by atoms with E-state index in [0.29, 0.717) is 5.71 Å². The van der Waals surface area contributed by atoms with E-state index in [9.17, 15) is 0 Å². The molecule has 2 heteroatoms. The van der Waals surface area contributed by atoms with Gasteiger partial charge in [-0.1, -0.05) is 36.4 Å². The first-order chi connectivity index (χ1) is 7.31. The zero-order chi connectivity index (χ0) is 10.7. The van der Waals surface area contributed by atoms with Gasteiger partial charge in [0.1, 0.15) is 0 Å². The Bertz CT molecular complexity index is 550. The molecule has 0 fully saturated rings. The highest BCUT2D eigenvalue weighted by atomic mass is 14.4. The second-order valence-corrected chi connectivity index (χ2v) is 3.38. The molecule has 0 bridgehead atoms. The molecule has 0 unspecified atom stereocenters. The molecule has 0 saturated heterocycles. The number of nitrogens with zero attached hydrogens (tertiary/aromatic N) is 1. The third kappa shape index (κ3) is 1.87. The molecule has 0 radical (unpaired) electrons. The molecule has 0 aliphatic rings. The van der Waals surface area contributed by atoms with Gasteiger partial charge in [-0.2, -0.15) is 5.26 Å². The molecule has 72 valence electrons. The lowest BCUT2D eigenvalue weighted by Gasteiger charge is -2.02. The Morgan fingerprint density at radius 1 is 1.13 bits per heavy atom. The quantitative estimate of drug-likeness (QED) is 0.733. The summed E-state index contributed by atoms with van der Waals surface area (Å²) in [4.78, 5) is 0. The monoisotopic (exact) mass is 194 g/mol. The summed E-state index contributed by atoms with van der Waals surface area (Å²) in [6, 6.07) is 15.8. The first-order valence-electron chi connectivity index (χ1n) is 4.75. The van der Waals surface area contributed by atoms with Crippen LogP contribution in [-0.2, 0) is 0 Å². The maximum Gasteiger partial charge on any atom is 0.0773 e. The summed E-state index contributed by atoms with van der Waals surface area (Å²) in [6.45, 7) is 0. The fourth-order valence-electron chi connectivity index (χ4n) is 1.56. The van der Waals surface area contributed by atoms with Gasteiger partial charge in [-0.25, -0.2) is 0 Å². The van der Waals surface area contributed by atoms with Crippen LogP contribution in [0.4, 0.5) is 0 Å². The molecule has 2 nitrogen and oxygen atoms in total. The summed E-state index contributed by atoms with van der Waals surface area (Å²) in [7, 11) is 0. The van der Waals surface area contributed by atoms with Crippen molar-refractivity contribution < 1.29 is 0 Å². The maximum atomic E-state index is 8.52. The Labute approximate surface area is 88.3 Å². The van der Waals surface area contributed by atoms with E-state index in [1.807, 2.05) is 48.5 Å². The predicted molar refractivity (Wildman–Crippen MR) is 61.0 cm³/mol. The summed E-state index contributed by atoms with van der Waals surface area (Å²) < 4.78 is 0. The van der Waals surface area contributed by atoms with Gasteiger partial charge in [0.05, 0.1) is 18.2 Å². The van der Waals surface area contributed by atoms with Crippen LogP contribution in [0.5, 0.6) is 0 Å². The minimum atomic E-state index is 0.165. The van der Waals surface area contributed by atoms with Crippen LogP contribution in [0, 0.1) is 16.7 Å². The maximum absolute atomic E-state index is 8.52. The zero-order valence-electron chi connectivity index (χ0n) is 8.20. The molecule has 15 heavy (non-hydrogen) atoms. The van der Waals surface area contributed by atoms with Crippen molar-refractivity contribution in [2.75, 3.05) is 0 Å². The molecule has 0 aliphatic carbocycles. The van der Waals surface area contributed by atoms with Gasteiger partial charge < -0.3 is 5.41 Å². The number of nitriles is 1. The van der Waals surface area contributed by atoms with E-state index in [2.05, 4.69) is 0 Å². The number of rotatable bonds is 2. The molecule has 0 spiro atoms. The second kappa shape index (κ2) is 3.93. The van der Waals surface area contributed by atoms with E-state index >= 15 is 0 Å². The molecule has 0 atom stereocenters. The molecule has 0 aromatic heterocycles. The van der Waals surface area contributed by atoms with Crippen LogP contribution in [0.15, 0.2) is 42.5 Å². The summed E-state index contributed by atoms with van der Waals surface area (Å²) in [5.41, 5.74) is 1.21. The lowest BCUT2D eigenvalue weighted by atomic mass is 10.0. The molecular weight excluding hydrogens is 184 g/mol. The average molecular weight is 194 g/mol. The molecule has 1 N–H and O–H groups in total. The van der Waals surface area contributed by atoms with Crippen LogP contribution in [0.3, 0.4) is 0 Å². The summed E-state index contributed by atoms with van der Waals surface area (Å²) in [5, 5.41) is 18.5. The van der Waals surface area contributed by atoms with Crippen LogP contribution in [0.1, 0.15) is 12.0 Å². The fraction of sp³-hybridized carbons (Fsp3) is 0.0769. The molecule has 2 aromatic carbocycles. The van der Waals surface area contributed by atoms with Crippen molar-refractivity contribution in [3.05, 3.63) is 48.0 Å². The molecule has 0 aliphatic heterocycles. The SMILES string of the molecule is N#CCC(=N)c1ccc2ccccc2c1. The van der Waals surface area contributed by atoms with E-state index in [1.54, 1.807) is 0 Å². The first kappa shape index (κ1) is 9.42. The summed E-state index contributed by atoms with van der Waals surface area (Å²) in [5.74, 6) is 0. The Morgan fingerprint density at radius 2 is 1.87 bits per heavy atom. The smallest absolute Gasteiger partial charge is 0.0773 e. The number of hydrogen-bond acceptors (Lipinski definition) is 2. The van der Waals surface area contributed by atoms with Crippen molar-refractivity contribution in [3.8, 4) is 6.07 Å². The number of benzene rings is 2. The molecular formula is C13H10N2. The average Bonchev–Trinajstić information content (AvgIpc) is 2.29. The minimum absolute atomic E-state index is 0.165. The van der Waals surface area contributed by atoms with Crippen molar-refractivity contribution in [2.45, 2.75) is 6.42 Å². The van der Waals surface area contributed by atoms with Crippen molar-refractivity contribution >= 4 is 16.5 Å². The summed E-state index contributed by atoms with van der Waals surface area (Å²) in [6.07, 6.45) is 0.165. The first-order valence-corrected chi connectivity index (χ1v) is 4.75. The van der Waals surface area contributed by atoms with Gasteiger partial charge in [0.15, 0.2) is 0 Å². The van der Waals surface area contributed by atoms with Gasteiger partial charge in [-0.05, 0) is 22.4 Å². The number of hydrogen-bond donors (Lipinski definition) is 1. The van der Waals surface area contributed by atoms with Crippen molar-refractivity contribution in [1.82, 2.24) is 0 Å². The Hall–Kier alpha value is -2.14. The Balaban J connectivity index is 2.48. The molecule has 0 amide bonds. The normalized spacial score (nSPS) is 9.80. The minimum Gasteiger partial charge on any atom is -0.304 e. The topological polar surface area (TPSA) is 47.6 Å². The lowest BCUT2D eigenvalue weighted by Crippen LogP contribution is -1.96. The number of nitrogens with one attached hydrogen (secondary N) is 1. The summed E-state index contributed by atoms with van der Waals surface area (Å²) >= 11 is 0. The largest absolute Gasteiger partial charge is 0.304 e. The molecule has 0 heterocycles. The highest BCUT2D eigenvalue weighted by Crippen LogP contribution is 2.16. The van der Waals surface area contributed by atoms with E-state index in [4.69, 9.17) is 10.7 Å². The highest BCUT2D eigenvalue weighted by molar-refractivity contribution is 6.02. The fourth-order valence-corrected chi connectivity index (χ4v) is 1.56. The van der Waals surface area contributed by atoms with Gasteiger partial charge in [0.25, 0.3) is 0 Å². The third-order valence-electron chi connectivity index (χ3n) is 2.35. The van der Waals surface area contributed by atoms with Crippen LogP contribution in [0.25, 0.3) is 10.8 Å². The van der Waals surface area contributed by atoms with Gasteiger partial charge in [0.2, 0.25) is 0 Å². The van der Waals surface area contributed by atoms with Gasteiger partial charge in [0, 0.05) is 0 Å². The third-order valence-corrected chi connectivity index (χ3v) is 2.35.